The van der Waals surface area contributed by atoms with Crippen LogP contribution in [-0.2, 0) is 16.0 Å². The topological polar surface area (TPSA) is 69.7 Å². The molecule has 1 N–H and O–H groups in total. The predicted octanol–water partition coefficient (Wildman–Crippen LogP) is 3.22. The van der Waals surface area contributed by atoms with E-state index in [9.17, 15) is 14.4 Å². The molecule has 2 heterocycles. The monoisotopic (exact) mass is 397 g/mol. The highest BCUT2D eigenvalue weighted by atomic mass is 35.5. The molecule has 1 saturated heterocycles. The van der Waals surface area contributed by atoms with Crippen molar-refractivity contribution >= 4 is 40.8 Å². The average Bonchev–Trinajstić information content (AvgIpc) is 2.63. The predicted molar refractivity (Wildman–Crippen MR) is 108 cm³/mol. The van der Waals surface area contributed by atoms with E-state index < -0.39 is 23.3 Å². The number of nitrogens with one attached hydrogen (secondary N) is 1. The number of halogens is 1. The number of rotatable bonds is 1. The summed E-state index contributed by atoms with van der Waals surface area (Å²) in [6.45, 7) is 3.95. The second kappa shape index (κ2) is 6.34. The zero-order valence-corrected chi connectivity index (χ0v) is 16.6. The van der Waals surface area contributed by atoms with Crippen LogP contribution in [0.4, 0.5) is 16.2 Å². The first-order valence-corrected chi connectivity index (χ1v) is 9.37. The molecular weight excluding hydrogens is 378 g/mol. The second-order valence-corrected chi connectivity index (χ2v) is 8.01. The zero-order chi connectivity index (χ0) is 20.2. The van der Waals surface area contributed by atoms with Crippen molar-refractivity contribution in [1.29, 1.82) is 0 Å². The van der Waals surface area contributed by atoms with E-state index >= 15 is 0 Å². The highest BCUT2D eigenvalue weighted by Gasteiger charge is 2.56. The summed E-state index contributed by atoms with van der Waals surface area (Å²) in [5.74, 6) is -1.08. The number of nitrogens with zero attached hydrogens (tertiary/aromatic N) is 2. The van der Waals surface area contributed by atoms with E-state index in [1.165, 1.54) is 0 Å². The molecule has 0 unspecified atom stereocenters. The van der Waals surface area contributed by atoms with Crippen LogP contribution in [0.1, 0.15) is 16.7 Å². The van der Waals surface area contributed by atoms with E-state index in [2.05, 4.69) is 5.32 Å². The van der Waals surface area contributed by atoms with Gasteiger partial charge in [0.05, 0.1) is 5.69 Å². The highest BCUT2D eigenvalue weighted by molar-refractivity contribution is 6.33. The van der Waals surface area contributed by atoms with Crippen LogP contribution in [0, 0.1) is 19.3 Å². The fourth-order valence-electron chi connectivity index (χ4n) is 4.11. The van der Waals surface area contributed by atoms with Gasteiger partial charge >= 0.3 is 6.03 Å². The molecule has 6 nitrogen and oxygen atoms in total. The minimum atomic E-state index is -1.38. The fourth-order valence-corrected chi connectivity index (χ4v) is 4.28. The number of hydrogen-bond acceptors (Lipinski definition) is 4. The lowest BCUT2D eigenvalue weighted by Gasteiger charge is -2.45. The van der Waals surface area contributed by atoms with Crippen LogP contribution in [0.3, 0.4) is 0 Å². The zero-order valence-electron chi connectivity index (χ0n) is 15.9. The van der Waals surface area contributed by atoms with Gasteiger partial charge in [-0.1, -0.05) is 35.4 Å². The van der Waals surface area contributed by atoms with Crippen LogP contribution < -0.4 is 15.1 Å². The molecule has 4 amide bonds. The molecule has 2 aromatic carbocycles. The number of urea groups is 1. The summed E-state index contributed by atoms with van der Waals surface area (Å²) in [6.07, 6.45) is 0.239. The van der Waals surface area contributed by atoms with Crippen LogP contribution in [-0.4, -0.2) is 31.4 Å². The van der Waals surface area contributed by atoms with Gasteiger partial charge in [0.2, 0.25) is 5.91 Å². The number of barbiturate groups is 1. The van der Waals surface area contributed by atoms with Crippen LogP contribution >= 0.6 is 11.6 Å². The number of benzene rings is 2. The lowest BCUT2D eigenvalue weighted by atomic mass is 9.74. The van der Waals surface area contributed by atoms with Gasteiger partial charge in [0, 0.05) is 24.3 Å². The third-order valence-corrected chi connectivity index (χ3v) is 5.76. The number of anilines is 2. The number of imide groups is 2. The van der Waals surface area contributed by atoms with Gasteiger partial charge in [0.15, 0.2) is 5.41 Å². The molecule has 28 heavy (non-hydrogen) atoms. The van der Waals surface area contributed by atoms with Gasteiger partial charge in [-0.05, 0) is 49.6 Å². The first-order valence-electron chi connectivity index (χ1n) is 9.00. The largest absolute Gasteiger partial charge is 0.373 e. The summed E-state index contributed by atoms with van der Waals surface area (Å²) in [5, 5.41) is 2.80. The van der Waals surface area contributed by atoms with Gasteiger partial charge in [-0.3, -0.25) is 14.9 Å². The van der Waals surface area contributed by atoms with Crippen molar-refractivity contribution in [3.05, 3.63) is 58.1 Å². The lowest BCUT2D eigenvalue weighted by Crippen LogP contribution is -2.68. The Bertz CT molecular complexity index is 1040. The minimum Gasteiger partial charge on any atom is -0.373 e. The summed E-state index contributed by atoms with van der Waals surface area (Å²) in [7, 11) is 1.85. The maximum Gasteiger partial charge on any atom is 0.335 e. The van der Waals surface area contributed by atoms with Crippen molar-refractivity contribution in [3.8, 4) is 0 Å². The lowest BCUT2D eigenvalue weighted by molar-refractivity contribution is -0.142. The Labute approximate surface area is 168 Å². The Kier molecular flexibility index (Phi) is 4.19. The minimum absolute atomic E-state index is 0.192. The summed E-state index contributed by atoms with van der Waals surface area (Å²) in [5.41, 5.74) is 2.68. The number of hydrogen-bond donors (Lipinski definition) is 1. The van der Waals surface area contributed by atoms with E-state index in [0.717, 1.165) is 27.3 Å². The highest BCUT2D eigenvalue weighted by Crippen LogP contribution is 2.41. The first-order chi connectivity index (χ1) is 13.2. The number of aryl methyl sites for hydroxylation is 2. The molecular formula is C21H20ClN3O3. The summed E-state index contributed by atoms with van der Waals surface area (Å²) >= 11 is 6.10. The Hall–Kier alpha value is -2.86. The SMILES string of the molecule is Cc1ccc2c(c1)C[C@]1(CN2C)C(=O)NC(=O)N(c2cc(Cl)ccc2C)C1=O. The normalized spacial score (nSPS) is 21.8. The van der Waals surface area contributed by atoms with Crippen LogP contribution in [0.2, 0.25) is 5.02 Å². The van der Waals surface area contributed by atoms with Crippen molar-refractivity contribution in [2.45, 2.75) is 20.3 Å². The van der Waals surface area contributed by atoms with Crippen LogP contribution in [0.15, 0.2) is 36.4 Å². The van der Waals surface area contributed by atoms with E-state index in [-0.39, 0.29) is 13.0 Å². The molecule has 0 radical (unpaired) electrons. The van der Waals surface area contributed by atoms with Gasteiger partial charge in [0.1, 0.15) is 0 Å². The maximum atomic E-state index is 13.6. The average molecular weight is 398 g/mol. The molecule has 1 spiro atoms. The molecule has 2 aromatic rings. The molecule has 0 saturated carbocycles. The van der Waals surface area contributed by atoms with Crippen LogP contribution in [0.5, 0.6) is 0 Å². The first kappa shape index (κ1) is 18.5. The second-order valence-electron chi connectivity index (χ2n) is 7.58. The van der Waals surface area contributed by atoms with E-state index in [0.29, 0.717) is 10.7 Å². The van der Waals surface area contributed by atoms with Gasteiger partial charge in [-0.2, -0.15) is 0 Å². The van der Waals surface area contributed by atoms with Gasteiger partial charge in [0.25, 0.3) is 5.91 Å². The Morgan fingerprint density at radius 1 is 1.04 bits per heavy atom. The summed E-state index contributed by atoms with van der Waals surface area (Å²) in [6, 6.07) is 10.2. The van der Waals surface area contributed by atoms with Gasteiger partial charge < -0.3 is 4.90 Å². The molecule has 0 aliphatic carbocycles. The molecule has 0 bridgehead atoms. The number of carbonyl (C=O) groups excluding carboxylic acids is 3. The van der Waals surface area contributed by atoms with Crippen molar-refractivity contribution in [2.24, 2.45) is 5.41 Å². The molecule has 2 aliphatic heterocycles. The molecule has 4 rings (SSSR count). The number of fused-ring (bicyclic) bond motifs is 1. The Morgan fingerprint density at radius 3 is 2.54 bits per heavy atom. The standard InChI is InChI=1S/C21H20ClN3O3/c1-12-4-7-16-14(8-12)10-21(11-24(16)3)18(26)23-20(28)25(19(21)27)17-9-15(22)6-5-13(17)2/h4-9H,10-11H2,1-3H3,(H,23,26,28)/t21-/m0/s1. The van der Waals surface area contributed by atoms with E-state index in [1.807, 2.05) is 37.1 Å². The molecule has 0 aromatic heterocycles. The van der Waals surface area contributed by atoms with E-state index in [4.69, 9.17) is 11.6 Å². The van der Waals surface area contributed by atoms with E-state index in [1.54, 1.807) is 25.1 Å². The number of carbonyl (C=O) groups is 3. The van der Waals surface area contributed by atoms with Crippen molar-refractivity contribution in [3.63, 3.8) is 0 Å². The third kappa shape index (κ3) is 2.67. The summed E-state index contributed by atoms with van der Waals surface area (Å²) in [4.78, 5) is 42.1. The molecule has 1 atom stereocenters. The maximum absolute atomic E-state index is 13.6. The Morgan fingerprint density at radius 2 is 1.79 bits per heavy atom. The molecule has 1 fully saturated rings. The van der Waals surface area contributed by atoms with Crippen molar-refractivity contribution < 1.29 is 14.4 Å². The van der Waals surface area contributed by atoms with Crippen molar-refractivity contribution in [1.82, 2.24) is 5.32 Å². The third-order valence-electron chi connectivity index (χ3n) is 5.53. The molecule has 2 aliphatic rings. The van der Waals surface area contributed by atoms with Gasteiger partial charge in [-0.25, -0.2) is 9.69 Å². The quantitative estimate of drug-likeness (QED) is 0.750. The smallest absolute Gasteiger partial charge is 0.335 e. The van der Waals surface area contributed by atoms with Crippen LogP contribution in [0.25, 0.3) is 0 Å². The Balaban J connectivity index is 1.83. The summed E-state index contributed by atoms with van der Waals surface area (Å²) < 4.78 is 0. The number of amides is 4. The van der Waals surface area contributed by atoms with Crippen molar-refractivity contribution in [2.75, 3.05) is 23.4 Å². The fraction of sp³-hybridized carbons (Fsp3) is 0.286. The molecule has 7 heteroatoms. The van der Waals surface area contributed by atoms with Gasteiger partial charge in [-0.15, -0.1) is 0 Å². The molecule has 144 valence electrons.